The van der Waals surface area contributed by atoms with E-state index in [2.05, 4.69) is 0 Å². The zero-order chi connectivity index (χ0) is 29.6. The molecule has 0 N–H and O–H groups in total. The van der Waals surface area contributed by atoms with E-state index in [-0.39, 0.29) is 23.2 Å². The first-order valence-electron chi connectivity index (χ1n) is 13.5. The number of carbonyl (C=O) groups is 3. The van der Waals surface area contributed by atoms with E-state index in [0.29, 0.717) is 33.9 Å². The number of rotatable bonds is 3. The van der Waals surface area contributed by atoms with Gasteiger partial charge in [0.2, 0.25) is 18.6 Å². The summed E-state index contributed by atoms with van der Waals surface area (Å²) in [6, 6.07) is 20.2. The molecule has 2 amide bonds. The summed E-state index contributed by atoms with van der Waals surface area (Å²) in [4.78, 5) is 54.1. The highest BCUT2D eigenvalue weighted by molar-refractivity contribution is 6.36. The van der Waals surface area contributed by atoms with Crippen molar-refractivity contribution in [3.05, 3.63) is 105 Å². The number of hydrogen-bond acceptors (Lipinski definition) is 8. The number of benzene rings is 4. The maximum absolute atomic E-state index is 14.3. The smallest absolute Gasteiger partial charge is 0.319 e. The standard InChI is InChI=1S/C32H19ClN2O8/c33-22-9-7-17(35(39)40)12-23(22)34-30(36)26-20(16-6-10-24-25(11-16)42-14-41-24)13-21-19-8-5-15-3-1-2-4-18(15)29(19)43-32(38)27(21)28(26)31(34)37/h1-13,20,26-28H,14H2/t20-,26+,27-,28-/m1/s1. The van der Waals surface area contributed by atoms with Crippen molar-refractivity contribution in [3.8, 4) is 17.2 Å². The minimum absolute atomic E-state index is 0.0122. The molecule has 0 radical (unpaired) electrons. The fraction of sp³-hybridized carbons (Fsp3) is 0.156. The zero-order valence-electron chi connectivity index (χ0n) is 22.1. The predicted octanol–water partition coefficient (Wildman–Crippen LogP) is 5.65. The number of carbonyl (C=O) groups excluding carboxylic acids is 3. The number of allylic oxidation sites excluding steroid dienone is 1. The number of nitro groups is 1. The number of hydrogen-bond donors (Lipinski definition) is 0. The van der Waals surface area contributed by atoms with E-state index in [0.717, 1.165) is 21.7 Å². The Labute approximate surface area is 248 Å². The van der Waals surface area contributed by atoms with Gasteiger partial charge in [0.15, 0.2) is 11.5 Å². The SMILES string of the molecule is O=C1Oc2c(ccc3ccccc23)C2=C[C@H](c3ccc4c(c3)OCO4)[C@@H]3C(=O)N(c4cc([N+](=O)[O-])ccc4Cl)C(=O)[C@H]3[C@H]12. The third-order valence-electron chi connectivity index (χ3n) is 8.65. The maximum Gasteiger partial charge on any atom is 0.319 e. The molecule has 8 rings (SSSR count). The van der Waals surface area contributed by atoms with Crippen LogP contribution in [0.4, 0.5) is 11.4 Å². The minimum Gasteiger partial charge on any atom is -0.454 e. The molecule has 11 heteroatoms. The Balaban J connectivity index is 1.34. The van der Waals surface area contributed by atoms with E-state index in [4.69, 9.17) is 25.8 Å². The van der Waals surface area contributed by atoms with Gasteiger partial charge in [-0.3, -0.25) is 24.5 Å². The maximum atomic E-state index is 14.3. The van der Waals surface area contributed by atoms with E-state index in [1.54, 1.807) is 18.2 Å². The Morgan fingerprint density at radius 3 is 2.51 bits per heavy atom. The molecule has 1 aliphatic carbocycles. The summed E-state index contributed by atoms with van der Waals surface area (Å²) < 4.78 is 17.0. The molecule has 0 bridgehead atoms. The lowest BCUT2D eigenvalue weighted by molar-refractivity contribution is -0.384. The van der Waals surface area contributed by atoms with Gasteiger partial charge in [0.25, 0.3) is 5.69 Å². The van der Waals surface area contributed by atoms with Gasteiger partial charge in [-0.25, -0.2) is 4.90 Å². The van der Waals surface area contributed by atoms with E-state index in [1.165, 1.54) is 12.1 Å². The summed E-state index contributed by atoms with van der Waals surface area (Å²) in [5, 5.41) is 13.2. The van der Waals surface area contributed by atoms with Crippen LogP contribution in [0.3, 0.4) is 0 Å². The van der Waals surface area contributed by atoms with Crippen LogP contribution in [0.25, 0.3) is 16.3 Å². The normalized spacial score (nSPS) is 23.4. The van der Waals surface area contributed by atoms with Crippen molar-refractivity contribution in [2.24, 2.45) is 17.8 Å². The second-order valence-corrected chi connectivity index (χ2v) is 11.2. The number of nitro benzene ring substituents is 1. The Morgan fingerprint density at radius 1 is 0.884 bits per heavy atom. The predicted molar refractivity (Wildman–Crippen MR) is 154 cm³/mol. The molecule has 4 aliphatic rings. The molecule has 4 aromatic rings. The van der Waals surface area contributed by atoms with Crippen LogP contribution in [-0.4, -0.2) is 29.5 Å². The largest absolute Gasteiger partial charge is 0.454 e. The summed E-state index contributed by atoms with van der Waals surface area (Å²) >= 11 is 6.41. The van der Waals surface area contributed by atoms with Gasteiger partial charge >= 0.3 is 5.97 Å². The molecule has 4 atom stereocenters. The molecule has 43 heavy (non-hydrogen) atoms. The average molecular weight is 595 g/mol. The summed E-state index contributed by atoms with van der Waals surface area (Å²) in [6.45, 7) is 0.0570. The van der Waals surface area contributed by atoms with Crippen molar-refractivity contribution < 1.29 is 33.5 Å². The molecule has 10 nitrogen and oxygen atoms in total. The van der Waals surface area contributed by atoms with E-state index < -0.39 is 46.4 Å². The number of fused-ring (bicyclic) bond motifs is 8. The van der Waals surface area contributed by atoms with Gasteiger partial charge in [-0.1, -0.05) is 60.1 Å². The van der Waals surface area contributed by atoms with E-state index in [9.17, 15) is 24.5 Å². The van der Waals surface area contributed by atoms with E-state index in [1.807, 2.05) is 42.5 Å². The number of esters is 1. The lowest BCUT2D eigenvalue weighted by atomic mass is 9.64. The number of nitrogens with zero attached hydrogens (tertiary/aromatic N) is 2. The second kappa shape index (κ2) is 9.14. The molecule has 0 saturated carbocycles. The van der Waals surface area contributed by atoms with E-state index >= 15 is 0 Å². The Bertz CT molecular complexity index is 1990. The molecule has 3 aliphatic heterocycles. The second-order valence-electron chi connectivity index (χ2n) is 10.8. The van der Waals surface area contributed by atoms with Gasteiger partial charge in [-0.05, 0) is 34.7 Å². The summed E-state index contributed by atoms with van der Waals surface area (Å²) in [5.74, 6) is -4.41. The van der Waals surface area contributed by atoms with Crippen molar-refractivity contribution in [1.82, 2.24) is 0 Å². The third-order valence-corrected chi connectivity index (χ3v) is 8.97. The van der Waals surface area contributed by atoms with Crippen LogP contribution in [0.15, 0.2) is 78.9 Å². The molecular weight excluding hydrogens is 576 g/mol. The molecule has 212 valence electrons. The van der Waals surface area contributed by atoms with Crippen LogP contribution in [0, 0.1) is 27.9 Å². The molecule has 3 heterocycles. The highest BCUT2D eigenvalue weighted by Gasteiger charge is 2.61. The number of ether oxygens (including phenoxy) is 3. The van der Waals surface area contributed by atoms with Crippen LogP contribution in [0.1, 0.15) is 17.0 Å². The van der Waals surface area contributed by atoms with Gasteiger partial charge in [-0.2, -0.15) is 0 Å². The number of amides is 2. The van der Waals surface area contributed by atoms with Gasteiger partial charge in [0.05, 0.1) is 33.4 Å². The molecule has 4 aromatic carbocycles. The number of halogens is 1. The van der Waals surface area contributed by atoms with Crippen LogP contribution in [0.2, 0.25) is 5.02 Å². The lowest BCUT2D eigenvalue weighted by Crippen LogP contribution is -2.42. The summed E-state index contributed by atoms with van der Waals surface area (Å²) in [7, 11) is 0. The molecule has 0 spiro atoms. The molecule has 1 saturated heterocycles. The van der Waals surface area contributed by atoms with Crippen LogP contribution in [0.5, 0.6) is 17.2 Å². The quantitative estimate of drug-likeness (QED) is 0.0979. The first kappa shape index (κ1) is 25.5. The zero-order valence-corrected chi connectivity index (χ0v) is 22.8. The minimum atomic E-state index is -1.15. The van der Waals surface area contributed by atoms with Gasteiger partial charge in [0, 0.05) is 29.0 Å². The monoisotopic (exact) mass is 594 g/mol. The Kier molecular flexibility index (Phi) is 5.42. The first-order chi connectivity index (χ1) is 20.8. The third kappa shape index (κ3) is 3.63. The fourth-order valence-corrected chi connectivity index (χ4v) is 6.96. The van der Waals surface area contributed by atoms with Crippen molar-refractivity contribution in [3.63, 3.8) is 0 Å². The number of non-ortho nitro benzene ring substituents is 1. The van der Waals surface area contributed by atoms with Crippen molar-refractivity contribution in [2.75, 3.05) is 11.7 Å². The topological polar surface area (TPSA) is 125 Å². The average Bonchev–Trinajstić information content (AvgIpc) is 3.58. The number of anilines is 1. The molecule has 0 unspecified atom stereocenters. The number of imide groups is 1. The Morgan fingerprint density at radius 2 is 1.67 bits per heavy atom. The highest BCUT2D eigenvalue weighted by Crippen LogP contribution is 2.56. The van der Waals surface area contributed by atoms with Gasteiger partial charge in [0.1, 0.15) is 5.75 Å². The van der Waals surface area contributed by atoms with Crippen LogP contribution in [-0.2, 0) is 14.4 Å². The lowest BCUT2D eigenvalue weighted by Gasteiger charge is -2.38. The highest BCUT2D eigenvalue weighted by atomic mass is 35.5. The Hall–Kier alpha value is -5.22. The molecular formula is C32H19ClN2O8. The van der Waals surface area contributed by atoms with Gasteiger partial charge in [-0.15, -0.1) is 0 Å². The van der Waals surface area contributed by atoms with Gasteiger partial charge < -0.3 is 14.2 Å². The van der Waals surface area contributed by atoms with Crippen molar-refractivity contribution in [1.29, 1.82) is 0 Å². The summed E-state index contributed by atoms with van der Waals surface area (Å²) in [6.07, 6.45) is 1.86. The first-order valence-corrected chi connectivity index (χ1v) is 13.9. The van der Waals surface area contributed by atoms with Crippen molar-refractivity contribution >= 4 is 57.1 Å². The van der Waals surface area contributed by atoms with Crippen LogP contribution >= 0.6 is 11.6 Å². The van der Waals surface area contributed by atoms with Crippen LogP contribution < -0.4 is 19.1 Å². The molecule has 1 fully saturated rings. The summed E-state index contributed by atoms with van der Waals surface area (Å²) in [5.41, 5.74) is 1.47. The fourth-order valence-electron chi connectivity index (χ4n) is 6.76. The van der Waals surface area contributed by atoms with Crippen molar-refractivity contribution in [2.45, 2.75) is 5.92 Å². The molecule has 0 aromatic heterocycles.